The van der Waals surface area contributed by atoms with Gasteiger partial charge in [0, 0.05) is 5.54 Å². The highest BCUT2D eigenvalue weighted by Gasteiger charge is 2.25. The molecule has 0 aromatic heterocycles. The molecule has 0 saturated carbocycles. The molecule has 0 aromatic carbocycles. The quantitative estimate of drug-likeness (QED) is 0.590. The van der Waals surface area contributed by atoms with Crippen LogP contribution in [0.25, 0.3) is 0 Å². The fourth-order valence-corrected chi connectivity index (χ4v) is 1.55. The maximum absolute atomic E-state index is 6.19. The molecule has 1 heteroatoms. The van der Waals surface area contributed by atoms with E-state index in [0.717, 1.165) is 25.9 Å². The summed E-state index contributed by atoms with van der Waals surface area (Å²) in [5, 5.41) is 0. The minimum atomic E-state index is -0.0660. The van der Waals surface area contributed by atoms with Crippen LogP contribution in [0.2, 0.25) is 0 Å². The summed E-state index contributed by atoms with van der Waals surface area (Å²) < 4.78 is 0. The molecule has 0 heterocycles. The predicted octanol–water partition coefficient (Wildman–Crippen LogP) is 2.60. The molecule has 0 aromatic rings. The fraction of sp³-hybridized carbons (Fsp3) is 0.900. The van der Waals surface area contributed by atoms with Crippen LogP contribution in [0.15, 0.2) is 0 Å². The first-order chi connectivity index (χ1) is 5.14. The van der Waals surface area contributed by atoms with E-state index in [1.54, 1.807) is 0 Å². The summed E-state index contributed by atoms with van der Waals surface area (Å²) in [4.78, 5) is 2.33. The van der Waals surface area contributed by atoms with Crippen molar-refractivity contribution in [1.82, 2.24) is 4.90 Å². The lowest BCUT2D eigenvalue weighted by atomic mass is 9.93. The molecule has 0 aliphatic heterocycles. The largest absolute Gasteiger partial charge is 0.298 e. The molecule has 0 spiro atoms. The van der Waals surface area contributed by atoms with E-state index in [4.69, 9.17) is 6.92 Å². The van der Waals surface area contributed by atoms with Crippen LogP contribution in [-0.2, 0) is 0 Å². The van der Waals surface area contributed by atoms with Gasteiger partial charge in [-0.3, -0.25) is 4.90 Å². The van der Waals surface area contributed by atoms with E-state index < -0.39 is 0 Å². The SMILES string of the molecule is [CH]C(CC)(CC)N(CC)CC. The third kappa shape index (κ3) is 2.48. The zero-order chi connectivity index (χ0) is 8.91. The molecular weight excluding hydrogens is 134 g/mol. The Hall–Kier alpha value is -0.0400. The first-order valence-electron chi connectivity index (χ1n) is 4.68. The number of nitrogens with zero attached hydrogens (tertiary/aromatic N) is 1. The second-order valence-corrected chi connectivity index (χ2v) is 2.98. The monoisotopic (exact) mass is 155 g/mol. The standard InChI is InChI=1S/C10H21N/c1-6-10(5,7-2)11(8-3)9-4/h5H,6-9H2,1-4H3. The van der Waals surface area contributed by atoms with Crippen molar-refractivity contribution in [2.45, 2.75) is 46.1 Å². The van der Waals surface area contributed by atoms with Crippen molar-refractivity contribution >= 4 is 0 Å². The minimum Gasteiger partial charge on any atom is -0.298 e. The topological polar surface area (TPSA) is 3.24 Å². The van der Waals surface area contributed by atoms with Gasteiger partial charge in [-0.15, -0.1) is 0 Å². The highest BCUT2D eigenvalue weighted by molar-refractivity contribution is 4.89. The summed E-state index contributed by atoms with van der Waals surface area (Å²) in [7, 11) is 0. The summed E-state index contributed by atoms with van der Waals surface area (Å²) >= 11 is 0. The van der Waals surface area contributed by atoms with E-state index in [1.165, 1.54) is 0 Å². The van der Waals surface area contributed by atoms with Gasteiger partial charge in [-0.25, -0.2) is 0 Å². The molecule has 2 radical (unpaired) electrons. The molecule has 0 bridgehead atoms. The second kappa shape index (κ2) is 4.76. The molecule has 0 aliphatic carbocycles. The lowest BCUT2D eigenvalue weighted by molar-refractivity contribution is 0.133. The van der Waals surface area contributed by atoms with Crippen molar-refractivity contribution in [1.29, 1.82) is 0 Å². The lowest BCUT2D eigenvalue weighted by Crippen LogP contribution is -2.45. The summed E-state index contributed by atoms with van der Waals surface area (Å²) in [6.45, 7) is 16.9. The molecule has 11 heavy (non-hydrogen) atoms. The molecule has 66 valence electrons. The Kier molecular flexibility index (Phi) is 4.74. The van der Waals surface area contributed by atoms with Gasteiger partial charge in [-0.05, 0) is 32.9 Å². The molecule has 0 unspecified atom stereocenters. The van der Waals surface area contributed by atoms with Crippen molar-refractivity contribution in [3.05, 3.63) is 6.92 Å². The average molecular weight is 155 g/mol. The molecule has 0 aliphatic rings. The molecule has 0 amide bonds. The smallest absolute Gasteiger partial charge is 0.0239 e. The first kappa shape index (κ1) is 11.0. The third-order valence-corrected chi connectivity index (χ3v) is 2.62. The Morgan fingerprint density at radius 2 is 1.36 bits per heavy atom. The Balaban J connectivity index is 4.19. The Labute approximate surface area is 71.8 Å². The average Bonchev–Trinajstić information content (AvgIpc) is 2.06. The van der Waals surface area contributed by atoms with E-state index in [9.17, 15) is 0 Å². The van der Waals surface area contributed by atoms with Gasteiger partial charge in [0.2, 0.25) is 0 Å². The van der Waals surface area contributed by atoms with Crippen molar-refractivity contribution < 1.29 is 0 Å². The van der Waals surface area contributed by atoms with Gasteiger partial charge in [-0.1, -0.05) is 27.7 Å². The van der Waals surface area contributed by atoms with E-state index >= 15 is 0 Å². The van der Waals surface area contributed by atoms with Gasteiger partial charge in [0.25, 0.3) is 0 Å². The zero-order valence-corrected chi connectivity index (χ0v) is 8.35. The lowest BCUT2D eigenvalue weighted by Gasteiger charge is -2.38. The van der Waals surface area contributed by atoms with Gasteiger partial charge in [0.1, 0.15) is 0 Å². The maximum Gasteiger partial charge on any atom is 0.0239 e. The van der Waals surface area contributed by atoms with Gasteiger partial charge in [-0.2, -0.15) is 0 Å². The van der Waals surface area contributed by atoms with Crippen LogP contribution in [0, 0.1) is 6.92 Å². The zero-order valence-electron chi connectivity index (χ0n) is 8.35. The molecule has 0 rings (SSSR count). The van der Waals surface area contributed by atoms with Gasteiger partial charge in [0.05, 0.1) is 0 Å². The second-order valence-electron chi connectivity index (χ2n) is 2.98. The Morgan fingerprint density at radius 3 is 1.45 bits per heavy atom. The van der Waals surface area contributed by atoms with Crippen molar-refractivity contribution in [3.63, 3.8) is 0 Å². The molecule has 0 N–H and O–H groups in total. The van der Waals surface area contributed by atoms with Crippen LogP contribution in [0.5, 0.6) is 0 Å². The van der Waals surface area contributed by atoms with Crippen LogP contribution in [0.4, 0.5) is 0 Å². The highest BCUT2D eigenvalue weighted by atomic mass is 15.2. The number of hydrogen-bond donors (Lipinski definition) is 0. The van der Waals surface area contributed by atoms with Crippen molar-refractivity contribution in [2.75, 3.05) is 13.1 Å². The Morgan fingerprint density at radius 1 is 1.00 bits per heavy atom. The molecule has 0 fully saturated rings. The van der Waals surface area contributed by atoms with E-state index in [-0.39, 0.29) is 5.54 Å². The van der Waals surface area contributed by atoms with Crippen LogP contribution < -0.4 is 0 Å². The summed E-state index contributed by atoms with van der Waals surface area (Å²) in [5.74, 6) is 0. The van der Waals surface area contributed by atoms with Gasteiger partial charge in [0.15, 0.2) is 0 Å². The van der Waals surface area contributed by atoms with Crippen LogP contribution in [-0.4, -0.2) is 23.5 Å². The normalized spacial score (nSPS) is 12.5. The fourth-order valence-electron chi connectivity index (χ4n) is 1.55. The van der Waals surface area contributed by atoms with E-state index in [1.807, 2.05) is 0 Å². The van der Waals surface area contributed by atoms with Crippen LogP contribution in [0.3, 0.4) is 0 Å². The highest BCUT2D eigenvalue weighted by Crippen LogP contribution is 2.21. The molecular formula is C10H21N. The van der Waals surface area contributed by atoms with E-state index in [2.05, 4.69) is 32.6 Å². The summed E-state index contributed by atoms with van der Waals surface area (Å²) in [5.41, 5.74) is -0.0660. The van der Waals surface area contributed by atoms with E-state index in [0.29, 0.717) is 0 Å². The van der Waals surface area contributed by atoms with Crippen LogP contribution >= 0.6 is 0 Å². The minimum absolute atomic E-state index is 0.0660. The summed E-state index contributed by atoms with van der Waals surface area (Å²) in [6.07, 6.45) is 2.07. The van der Waals surface area contributed by atoms with Crippen molar-refractivity contribution in [3.8, 4) is 0 Å². The van der Waals surface area contributed by atoms with Gasteiger partial charge < -0.3 is 0 Å². The number of rotatable bonds is 5. The van der Waals surface area contributed by atoms with Crippen LogP contribution in [0.1, 0.15) is 40.5 Å². The summed E-state index contributed by atoms with van der Waals surface area (Å²) in [6, 6.07) is 0. The maximum atomic E-state index is 6.19. The predicted molar refractivity (Wildman–Crippen MR) is 50.5 cm³/mol. The Bertz CT molecular complexity index is 91.0. The van der Waals surface area contributed by atoms with Gasteiger partial charge >= 0.3 is 0 Å². The molecule has 0 saturated heterocycles. The molecule has 1 nitrogen and oxygen atoms in total. The third-order valence-electron chi connectivity index (χ3n) is 2.62. The number of hydrogen-bond acceptors (Lipinski definition) is 1. The molecule has 0 atom stereocenters. The van der Waals surface area contributed by atoms with Crippen molar-refractivity contribution in [2.24, 2.45) is 0 Å². The first-order valence-corrected chi connectivity index (χ1v) is 4.68.